The predicted molar refractivity (Wildman–Crippen MR) is 86.8 cm³/mol. The summed E-state index contributed by atoms with van der Waals surface area (Å²) in [5.74, 6) is 1.05. The largest absolute Gasteiger partial charge is 0.382 e. The van der Waals surface area contributed by atoms with Crippen molar-refractivity contribution in [1.29, 1.82) is 0 Å². The van der Waals surface area contributed by atoms with Gasteiger partial charge in [0.05, 0.1) is 0 Å². The van der Waals surface area contributed by atoms with Crippen LogP contribution in [0.1, 0.15) is 24.1 Å². The van der Waals surface area contributed by atoms with E-state index in [1.165, 1.54) is 11.3 Å². The molecule has 1 aliphatic rings. The highest BCUT2D eigenvalue weighted by molar-refractivity contribution is 5.47. The third-order valence-corrected chi connectivity index (χ3v) is 4.00. The Bertz CT molecular complexity index is 603. The van der Waals surface area contributed by atoms with Gasteiger partial charge in [-0.05, 0) is 44.4 Å². The highest BCUT2D eigenvalue weighted by Crippen LogP contribution is 2.21. The van der Waals surface area contributed by atoms with Crippen LogP contribution in [0.5, 0.6) is 0 Å². The quantitative estimate of drug-likeness (QED) is 0.939. The van der Waals surface area contributed by atoms with E-state index in [-0.39, 0.29) is 0 Å². The van der Waals surface area contributed by atoms with Crippen molar-refractivity contribution in [3.63, 3.8) is 0 Å². The first-order chi connectivity index (χ1) is 10.2. The topological polar surface area (TPSA) is 41.0 Å². The summed E-state index contributed by atoms with van der Waals surface area (Å²) >= 11 is 0. The fourth-order valence-corrected chi connectivity index (χ4v) is 2.84. The van der Waals surface area contributed by atoms with Gasteiger partial charge in [0.1, 0.15) is 12.1 Å². The minimum atomic E-state index is 0.547. The van der Waals surface area contributed by atoms with Crippen molar-refractivity contribution in [3.05, 3.63) is 47.9 Å². The number of anilines is 2. The Kier molecular flexibility index (Phi) is 4.04. The molecule has 0 atom stereocenters. The molecule has 1 aromatic carbocycles. The highest BCUT2D eigenvalue weighted by atomic mass is 15.2. The maximum absolute atomic E-state index is 4.38. The van der Waals surface area contributed by atoms with Gasteiger partial charge >= 0.3 is 0 Å². The Labute approximate surface area is 126 Å². The van der Waals surface area contributed by atoms with E-state index >= 15 is 0 Å². The van der Waals surface area contributed by atoms with E-state index in [0.29, 0.717) is 6.04 Å². The van der Waals surface area contributed by atoms with E-state index in [9.17, 15) is 0 Å². The summed E-state index contributed by atoms with van der Waals surface area (Å²) in [5.41, 5.74) is 3.56. The van der Waals surface area contributed by atoms with Crippen LogP contribution in [0.3, 0.4) is 0 Å². The molecule has 0 aliphatic carbocycles. The van der Waals surface area contributed by atoms with Crippen molar-refractivity contribution >= 4 is 11.5 Å². The monoisotopic (exact) mass is 282 g/mol. The fraction of sp³-hybridized carbons (Fsp3) is 0.412. The second kappa shape index (κ2) is 6.12. The number of nitrogens with one attached hydrogen (secondary N) is 1. The molecule has 110 valence electrons. The Morgan fingerprint density at radius 1 is 1.10 bits per heavy atom. The van der Waals surface area contributed by atoms with Crippen LogP contribution in [0.15, 0.2) is 36.7 Å². The average Bonchev–Trinajstić information content (AvgIpc) is 2.48. The second-order valence-electron chi connectivity index (χ2n) is 5.79. The minimum absolute atomic E-state index is 0.547. The molecule has 1 aromatic heterocycles. The lowest BCUT2D eigenvalue weighted by Crippen LogP contribution is -2.39. The Morgan fingerprint density at radius 2 is 1.90 bits per heavy atom. The van der Waals surface area contributed by atoms with Crippen LogP contribution >= 0.6 is 0 Å². The van der Waals surface area contributed by atoms with Crippen LogP contribution in [-0.4, -0.2) is 29.1 Å². The van der Waals surface area contributed by atoms with Crippen molar-refractivity contribution in [2.24, 2.45) is 0 Å². The molecule has 0 bridgehead atoms. The standard InChI is InChI=1S/C17H22N4/c1-13-4-3-5-16(10-13)20-15-6-8-21(9-7-15)17-11-14(2)18-12-19-17/h3-5,10-12,15,20H,6-9H2,1-2H3. The first kappa shape index (κ1) is 13.9. The number of aryl methyl sites for hydroxylation is 2. The number of piperidine rings is 1. The van der Waals surface area contributed by atoms with Gasteiger partial charge in [0.25, 0.3) is 0 Å². The van der Waals surface area contributed by atoms with E-state index in [4.69, 9.17) is 0 Å². The molecule has 1 N–H and O–H groups in total. The fourth-order valence-electron chi connectivity index (χ4n) is 2.84. The second-order valence-corrected chi connectivity index (χ2v) is 5.79. The lowest BCUT2D eigenvalue weighted by atomic mass is 10.0. The summed E-state index contributed by atoms with van der Waals surface area (Å²) in [4.78, 5) is 10.9. The van der Waals surface area contributed by atoms with Gasteiger partial charge in [-0.2, -0.15) is 0 Å². The van der Waals surface area contributed by atoms with Gasteiger partial charge in [0.2, 0.25) is 0 Å². The Balaban J connectivity index is 1.58. The molecular formula is C17H22N4. The minimum Gasteiger partial charge on any atom is -0.382 e. The summed E-state index contributed by atoms with van der Waals surface area (Å²) < 4.78 is 0. The van der Waals surface area contributed by atoms with Crippen molar-refractivity contribution in [1.82, 2.24) is 9.97 Å². The van der Waals surface area contributed by atoms with Crippen LogP contribution in [0.25, 0.3) is 0 Å². The molecule has 1 saturated heterocycles. The van der Waals surface area contributed by atoms with Crippen LogP contribution in [0.2, 0.25) is 0 Å². The summed E-state index contributed by atoms with van der Waals surface area (Å²) in [6, 6.07) is 11.2. The summed E-state index contributed by atoms with van der Waals surface area (Å²) in [5, 5.41) is 3.65. The highest BCUT2D eigenvalue weighted by Gasteiger charge is 2.20. The van der Waals surface area contributed by atoms with Gasteiger partial charge in [-0.1, -0.05) is 12.1 Å². The molecule has 0 amide bonds. The first-order valence-corrected chi connectivity index (χ1v) is 7.57. The van der Waals surface area contributed by atoms with E-state index in [0.717, 1.165) is 37.4 Å². The molecule has 1 fully saturated rings. The molecule has 4 nitrogen and oxygen atoms in total. The van der Waals surface area contributed by atoms with Gasteiger partial charge in [-0.3, -0.25) is 0 Å². The number of hydrogen-bond acceptors (Lipinski definition) is 4. The molecule has 0 unspecified atom stereocenters. The normalized spacial score (nSPS) is 16.0. The SMILES string of the molecule is Cc1cccc(NC2CCN(c3cc(C)ncn3)CC2)c1. The zero-order chi connectivity index (χ0) is 14.7. The lowest BCUT2D eigenvalue weighted by Gasteiger charge is -2.33. The van der Waals surface area contributed by atoms with Crippen LogP contribution in [-0.2, 0) is 0 Å². The summed E-state index contributed by atoms with van der Waals surface area (Å²) in [6.45, 7) is 6.22. The maximum atomic E-state index is 4.38. The van der Waals surface area contributed by atoms with Crippen LogP contribution in [0.4, 0.5) is 11.5 Å². The molecule has 21 heavy (non-hydrogen) atoms. The Morgan fingerprint density at radius 3 is 2.62 bits per heavy atom. The molecule has 3 rings (SSSR count). The predicted octanol–water partition coefficient (Wildman–Crippen LogP) is 3.17. The zero-order valence-electron chi connectivity index (χ0n) is 12.7. The average molecular weight is 282 g/mol. The van der Waals surface area contributed by atoms with Crippen molar-refractivity contribution in [2.75, 3.05) is 23.3 Å². The molecule has 4 heteroatoms. The molecule has 0 saturated carbocycles. The third-order valence-electron chi connectivity index (χ3n) is 4.00. The summed E-state index contributed by atoms with van der Waals surface area (Å²) in [6.07, 6.45) is 3.93. The van der Waals surface area contributed by atoms with E-state index in [2.05, 4.69) is 57.4 Å². The Hall–Kier alpha value is -2.10. The zero-order valence-corrected chi connectivity index (χ0v) is 12.7. The molecule has 2 heterocycles. The molecular weight excluding hydrogens is 260 g/mol. The van der Waals surface area contributed by atoms with Crippen molar-refractivity contribution < 1.29 is 0 Å². The number of rotatable bonds is 3. The van der Waals surface area contributed by atoms with Crippen LogP contribution in [0, 0.1) is 13.8 Å². The molecule has 0 spiro atoms. The van der Waals surface area contributed by atoms with E-state index in [1.807, 2.05) is 6.92 Å². The van der Waals surface area contributed by atoms with Gasteiger partial charge in [0, 0.05) is 36.6 Å². The van der Waals surface area contributed by atoms with Crippen LogP contribution < -0.4 is 10.2 Å². The number of hydrogen-bond donors (Lipinski definition) is 1. The first-order valence-electron chi connectivity index (χ1n) is 7.57. The number of benzene rings is 1. The number of aromatic nitrogens is 2. The molecule has 1 aliphatic heterocycles. The lowest BCUT2D eigenvalue weighted by molar-refractivity contribution is 0.523. The van der Waals surface area contributed by atoms with Gasteiger partial charge in [-0.25, -0.2) is 9.97 Å². The van der Waals surface area contributed by atoms with Crippen molar-refractivity contribution in [2.45, 2.75) is 32.7 Å². The van der Waals surface area contributed by atoms with Crippen molar-refractivity contribution in [3.8, 4) is 0 Å². The molecule has 0 radical (unpaired) electrons. The summed E-state index contributed by atoms with van der Waals surface area (Å²) in [7, 11) is 0. The van der Waals surface area contributed by atoms with E-state index < -0.39 is 0 Å². The third kappa shape index (κ3) is 3.51. The van der Waals surface area contributed by atoms with Gasteiger partial charge in [0.15, 0.2) is 0 Å². The van der Waals surface area contributed by atoms with Gasteiger partial charge in [-0.15, -0.1) is 0 Å². The van der Waals surface area contributed by atoms with E-state index in [1.54, 1.807) is 6.33 Å². The maximum Gasteiger partial charge on any atom is 0.132 e. The number of nitrogens with zero attached hydrogens (tertiary/aromatic N) is 3. The van der Waals surface area contributed by atoms with Gasteiger partial charge < -0.3 is 10.2 Å². The molecule has 2 aromatic rings. The smallest absolute Gasteiger partial charge is 0.132 e.